The van der Waals surface area contributed by atoms with Crippen LogP contribution in [0.15, 0.2) is 30.3 Å². The van der Waals surface area contributed by atoms with E-state index in [0.29, 0.717) is 19.0 Å². The van der Waals surface area contributed by atoms with Gasteiger partial charge in [-0.2, -0.15) is 0 Å². The van der Waals surface area contributed by atoms with Crippen molar-refractivity contribution in [1.82, 2.24) is 5.32 Å². The van der Waals surface area contributed by atoms with E-state index in [1.807, 2.05) is 30.3 Å². The topological polar surface area (TPSA) is 64.4 Å². The number of amides is 1. The molecule has 1 aliphatic rings. The van der Waals surface area contributed by atoms with Crippen molar-refractivity contribution < 1.29 is 9.53 Å². The van der Waals surface area contributed by atoms with Crippen LogP contribution in [0.3, 0.4) is 0 Å². The second-order valence-electron chi connectivity index (χ2n) is 5.03. The summed E-state index contributed by atoms with van der Waals surface area (Å²) in [5, 5.41) is 3.00. The summed E-state index contributed by atoms with van der Waals surface area (Å²) in [7, 11) is 0. The molecule has 0 saturated carbocycles. The Kier molecular flexibility index (Phi) is 7.59. The van der Waals surface area contributed by atoms with Gasteiger partial charge in [-0.25, -0.2) is 0 Å². The Morgan fingerprint density at radius 1 is 1.40 bits per heavy atom. The maximum atomic E-state index is 12.2. The molecule has 112 valence electrons. The van der Waals surface area contributed by atoms with Gasteiger partial charge < -0.3 is 15.8 Å². The quantitative estimate of drug-likeness (QED) is 0.869. The lowest BCUT2D eigenvalue weighted by Gasteiger charge is -2.23. The first-order valence-electron chi connectivity index (χ1n) is 6.91. The van der Waals surface area contributed by atoms with E-state index in [2.05, 4.69) is 5.32 Å². The van der Waals surface area contributed by atoms with Crippen LogP contribution in [0.4, 0.5) is 0 Å². The Balaban J connectivity index is 0.00000200. The Morgan fingerprint density at radius 2 is 2.15 bits per heavy atom. The van der Waals surface area contributed by atoms with E-state index in [1.165, 1.54) is 0 Å². The lowest BCUT2D eigenvalue weighted by molar-refractivity contribution is -0.122. The first kappa shape index (κ1) is 17.0. The van der Waals surface area contributed by atoms with Crippen LogP contribution in [0, 0.1) is 5.92 Å². The number of rotatable bonds is 5. The number of nitrogens with one attached hydrogen (secondary N) is 1. The number of carbonyl (C=O) groups is 1. The molecule has 2 rings (SSSR count). The second kappa shape index (κ2) is 8.95. The molecule has 1 aromatic carbocycles. The SMILES string of the molecule is Cl.NCC(C(=O)NCC1CCCOC1)c1ccccc1. The molecular formula is C15H23ClN2O2. The Bertz CT molecular complexity index is 394. The Hall–Kier alpha value is -1.10. The lowest BCUT2D eigenvalue weighted by Crippen LogP contribution is -2.38. The first-order chi connectivity index (χ1) is 9.31. The average molecular weight is 299 g/mol. The minimum Gasteiger partial charge on any atom is -0.381 e. The molecule has 0 aliphatic carbocycles. The monoisotopic (exact) mass is 298 g/mol. The van der Waals surface area contributed by atoms with E-state index in [-0.39, 0.29) is 24.2 Å². The molecule has 0 spiro atoms. The van der Waals surface area contributed by atoms with Crippen molar-refractivity contribution in [3.8, 4) is 0 Å². The van der Waals surface area contributed by atoms with Gasteiger partial charge in [0, 0.05) is 19.7 Å². The molecule has 1 saturated heterocycles. The van der Waals surface area contributed by atoms with Crippen molar-refractivity contribution >= 4 is 18.3 Å². The van der Waals surface area contributed by atoms with Crippen LogP contribution >= 0.6 is 12.4 Å². The molecule has 0 bridgehead atoms. The van der Waals surface area contributed by atoms with Crippen LogP contribution in [0.25, 0.3) is 0 Å². The van der Waals surface area contributed by atoms with Gasteiger partial charge in [0.25, 0.3) is 0 Å². The normalized spacial score (nSPS) is 19.8. The van der Waals surface area contributed by atoms with Crippen molar-refractivity contribution in [2.45, 2.75) is 18.8 Å². The molecule has 5 heteroatoms. The highest BCUT2D eigenvalue weighted by molar-refractivity contribution is 5.85. The van der Waals surface area contributed by atoms with Gasteiger partial charge in [0.15, 0.2) is 0 Å². The first-order valence-corrected chi connectivity index (χ1v) is 6.91. The summed E-state index contributed by atoms with van der Waals surface area (Å²) in [6.45, 7) is 2.61. The average Bonchev–Trinajstić information content (AvgIpc) is 2.48. The van der Waals surface area contributed by atoms with Crippen molar-refractivity contribution in [2.24, 2.45) is 11.7 Å². The van der Waals surface area contributed by atoms with Gasteiger partial charge in [0.2, 0.25) is 5.91 Å². The van der Waals surface area contributed by atoms with Crippen molar-refractivity contribution in [3.63, 3.8) is 0 Å². The van der Waals surface area contributed by atoms with Gasteiger partial charge in [0.1, 0.15) is 0 Å². The number of hydrogen-bond donors (Lipinski definition) is 2. The van der Waals surface area contributed by atoms with Gasteiger partial charge in [-0.1, -0.05) is 30.3 Å². The van der Waals surface area contributed by atoms with E-state index >= 15 is 0 Å². The molecule has 1 aliphatic heterocycles. The number of hydrogen-bond acceptors (Lipinski definition) is 3. The molecule has 1 heterocycles. The molecular weight excluding hydrogens is 276 g/mol. The molecule has 4 nitrogen and oxygen atoms in total. The molecule has 20 heavy (non-hydrogen) atoms. The third-order valence-electron chi connectivity index (χ3n) is 3.57. The lowest BCUT2D eigenvalue weighted by atomic mass is 9.97. The highest BCUT2D eigenvalue weighted by Gasteiger charge is 2.20. The number of benzene rings is 1. The third-order valence-corrected chi connectivity index (χ3v) is 3.57. The summed E-state index contributed by atoms with van der Waals surface area (Å²) in [4.78, 5) is 12.2. The molecule has 0 radical (unpaired) electrons. The van der Waals surface area contributed by atoms with E-state index in [9.17, 15) is 4.79 Å². The zero-order valence-electron chi connectivity index (χ0n) is 11.6. The van der Waals surface area contributed by atoms with Gasteiger partial charge in [-0.3, -0.25) is 4.79 Å². The highest BCUT2D eigenvalue weighted by atomic mass is 35.5. The molecule has 1 aromatic rings. The summed E-state index contributed by atoms with van der Waals surface area (Å²) in [5.41, 5.74) is 6.70. The largest absolute Gasteiger partial charge is 0.381 e. The maximum absolute atomic E-state index is 12.2. The molecule has 1 fully saturated rings. The summed E-state index contributed by atoms with van der Waals surface area (Å²) in [6, 6.07) is 9.69. The van der Waals surface area contributed by atoms with Crippen LogP contribution in [0.5, 0.6) is 0 Å². The van der Waals surface area contributed by atoms with E-state index in [4.69, 9.17) is 10.5 Å². The highest BCUT2D eigenvalue weighted by Crippen LogP contribution is 2.16. The van der Waals surface area contributed by atoms with Crippen molar-refractivity contribution in [2.75, 3.05) is 26.3 Å². The number of ether oxygens (including phenoxy) is 1. The van der Waals surface area contributed by atoms with E-state index in [1.54, 1.807) is 0 Å². The fourth-order valence-electron chi connectivity index (χ4n) is 2.42. The maximum Gasteiger partial charge on any atom is 0.228 e. The van der Waals surface area contributed by atoms with E-state index < -0.39 is 0 Å². The summed E-state index contributed by atoms with van der Waals surface area (Å²) < 4.78 is 5.41. The minimum atomic E-state index is -0.259. The third kappa shape index (κ3) is 4.78. The summed E-state index contributed by atoms with van der Waals surface area (Å²) >= 11 is 0. The Morgan fingerprint density at radius 3 is 2.75 bits per heavy atom. The summed E-state index contributed by atoms with van der Waals surface area (Å²) in [6.07, 6.45) is 2.21. The zero-order chi connectivity index (χ0) is 13.5. The van der Waals surface area contributed by atoms with E-state index in [0.717, 1.165) is 31.6 Å². The van der Waals surface area contributed by atoms with Crippen molar-refractivity contribution in [1.29, 1.82) is 0 Å². The second-order valence-corrected chi connectivity index (χ2v) is 5.03. The van der Waals surface area contributed by atoms with Gasteiger partial charge in [-0.15, -0.1) is 12.4 Å². The van der Waals surface area contributed by atoms with Crippen LogP contribution in [-0.2, 0) is 9.53 Å². The van der Waals surface area contributed by atoms with Gasteiger partial charge in [0.05, 0.1) is 12.5 Å². The fraction of sp³-hybridized carbons (Fsp3) is 0.533. The smallest absolute Gasteiger partial charge is 0.228 e. The Labute approximate surface area is 126 Å². The molecule has 2 unspecified atom stereocenters. The van der Waals surface area contributed by atoms with Crippen LogP contribution in [0.1, 0.15) is 24.3 Å². The standard InChI is InChI=1S/C15H22N2O2.ClH/c16-9-14(13-6-2-1-3-7-13)15(18)17-10-12-5-4-8-19-11-12;/h1-3,6-7,12,14H,4-5,8-11,16H2,(H,17,18);1H. The molecule has 3 N–H and O–H groups in total. The summed E-state index contributed by atoms with van der Waals surface area (Å²) in [5.74, 6) is 0.192. The van der Waals surface area contributed by atoms with Gasteiger partial charge >= 0.3 is 0 Å². The van der Waals surface area contributed by atoms with Crippen LogP contribution in [0.2, 0.25) is 0 Å². The van der Waals surface area contributed by atoms with Crippen molar-refractivity contribution in [3.05, 3.63) is 35.9 Å². The fourth-order valence-corrected chi connectivity index (χ4v) is 2.42. The number of nitrogens with two attached hydrogens (primary N) is 1. The predicted octanol–water partition coefficient (Wildman–Crippen LogP) is 1.69. The molecule has 2 atom stereocenters. The molecule has 0 aromatic heterocycles. The minimum absolute atomic E-state index is 0. The van der Waals surface area contributed by atoms with Gasteiger partial charge in [-0.05, 0) is 24.3 Å². The van der Waals surface area contributed by atoms with Crippen LogP contribution in [-0.4, -0.2) is 32.2 Å². The predicted molar refractivity (Wildman–Crippen MR) is 82.0 cm³/mol. The zero-order valence-corrected chi connectivity index (χ0v) is 12.4. The van der Waals surface area contributed by atoms with Crippen LogP contribution < -0.4 is 11.1 Å². The molecule has 1 amide bonds. The number of halogens is 1. The number of carbonyl (C=O) groups excluding carboxylic acids is 1.